The smallest absolute Gasteiger partial charge is 0.340 e. The van der Waals surface area contributed by atoms with Gasteiger partial charge in [0.2, 0.25) is 0 Å². The van der Waals surface area contributed by atoms with Crippen LogP contribution >= 0.6 is 0 Å². The van der Waals surface area contributed by atoms with Gasteiger partial charge in [-0.2, -0.15) is 0 Å². The minimum Gasteiger partial charge on any atom is -0.497 e. The minimum absolute atomic E-state index is 0.170. The maximum atomic E-state index is 12.2. The highest BCUT2D eigenvalue weighted by atomic mass is 16.5. The normalized spacial score (nSPS) is 10.1. The molecule has 0 aliphatic heterocycles. The van der Waals surface area contributed by atoms with Gasteiger partial charge in [0.25, 0.3) is 5.91 Å². The summed E-state index contributed by atoms with van der Waals surface area (Å²) in [6.07, 6.45) is 0. The lowest BCUT2D eigenvalue weighted by Crippen LogP contribution is -2.22. The van der Waals surface area contributed by atoms with E-state index >= 15 is 0 Å². The number of hydrogen-bond donors (Lipinski definition) is 1. The molecule has 0 spiro atoms. The van der Waals surface area contributed by atoms with E-state index in [4.69, 9.17) is 14.2 Å². The summed E-state index contributed by atoms with van der Waals surface area (Å²) < 4.78 is 15.4. The first-order valence-electron chi connectivity index (χ1n) is 7.71. The Labute approximate surface area is 146 Å². The molecule has 2 aromatic carbocycles. The molecule has 6 nitrogen and oxygen atoms in total. The van der Waals surface area contributed by atoms with Gasteiger partial charge in [0.1, 0.15) is 11.5 Å². The molecule has 132 valence electrons. The van der Waals surface area contributed by atoms with Gasteiger partial charge in [-0.15, -0.1) is 0 Å². The van der Waals surface area contributed by atoms with Crippen LogP contribution < -0.4 is 14.8 Å². The fourth-order valence-electron chi connectivity index (χ4n) is 2.33. The number of benzene rings is 2. The van der Waals surface area contributed by atoms with E-state index in [1.54, 1.807) is 12.1 Å². The molecule has 1 amide bonds. The largest absolute Gasteiger partial charge is 0.497 e. The summed E-state index contributed by atoms with van der Waals surface area (Å²) in [6, 6.07) is 10.5. The first-order valence-corrected chi connectivity index (χ1v) is 7.71. The van der Waals surface area contributed by atoms with Crippen molar-refractivity contribution in [3.8, 4) is 11.5 Å². The number of carbonyl (C=O) groups is 2. The van der Waals surface area contributed by atoms with Crippen LogP contribution in [0.4, 0.5) is 5.69 Å². The predicted octanol–water partition coefficient (Wildman–Crippen LogP) is 3.12. The monoisotopic (exact) mass is 343 g/mol. The summed E-state index contributed by atoms with van der Waals surface area (Å²) in [6.45, 7) is 3.73. The molecule has 6 heteroatoms. The fourth-order valence-corrected chi connectivity index (χ4v) is 2.33. The Morgan fingerprint density at radius 2 is 1.80 bits per heavy atom. The predicted molar refractivity (Wildman–Crippen MR) is 94.4 cm³/mol. The first kappa shape index (κ1) is 18.3. The van der Waals surface area contributed by atoms with Gasteiger partial charge >= 0.3 is 5.97 Å². The van der Waals surface area contributed by atoms with Crippen molar-refractivity contribution in [1.82, 2.24) is 0 Å². The van der Waals surface area contributed by atoms with Crippen molar-refractivity contribution in [2.75, 3.05) is 26.1 Å². The highest BCUT2D eigenvalue weighted by Crippen LogP contribution is 2.23. The summed E-state index contributed by atoms with van der Waals surface area (Å²) >= 11 is 0. The summed E-state index contributed by atoms with van der Waals surface area (Å²) in [7, 11) is 2.77. The number of nitrogens with one attached hydrogen (secondary N) is 1. The van der Waals surface area contributed by atoms with Gasteiger partial charge in [-0.05, 0) is 43.7 Å². The van der Waals surface area contributed by atoms with Crippen molar-refractivity contribution in [2.24, 2.45) is 0 Å². The zero-order chi connectivity index (χ0) is 18.4. The highest BCUT2D eigenvalue weighted by Gasteiger charge is 2.15. The van der Waals surface area contributed by atoms with E-state index in [1.165, 1.54) is 20.3 Å². The third-order valence-electron chi connectivity index (χ3n) is 3.60. The van der Waals surface area contributed by atoms with Crippen molar-refractivity contribution < 1.29 is 23.8 Å². The van der Waals surface area contributed by atoms with Crippen molar-refractivity contribution >= 4 is 17.6 Å². The molecule has 0 unspecified atom stereocenters. The zero-order valence-corrected chi connectivity index (χ0v) is 14.7. The van der Waals surface area contributed by atoms with E-state index in [9.17, 15) is 9.59 Å². The van der Waals surface area contributed by atoms with Gasteiger partial charge in [-0.3, -0.25) is 4.79 Å². The average molecular weight is 343 g/mol. The number of rotatable bonds is 6. The number of carbonyl (C=O) groups excluding carboxylic acids is 2. The quantitative estimate of drug-likeness (QED) is 0.816. The van der Waals surface area contributed by atoms with Crippen molar-refractivity contribution in [1.29, 1.82) is 0 Å². The Balaban J connectivity index is 2.08. The summed E-state index contributed by atoms with van der Waals surface area (Å²) in [4.78, 5) is 24.0. The number of amides is 1. The molecule has 0 saturated carbocycles. The number of methoxy groups -OCH3 is 2. The maximum absolute atomic E-state index is 12.2. The Morgan fingerprint density at radius 1 is 1.04 bits per heavy atom. The molecule has 0 aromatic heterocycles. The standard InChI is InChI=1S/C19H21NO5/c1-12-5-8-17(13(2)9-12)25-11-18(21)20-16-7-6-14(23-3)10-15(16)19(22)24-4/h5-10H,11H2,1-4H3,(H,20,21). The molecule has 0 fully saturated rings. The molecular weight excluding hydrogens is 322 g/mol. The van der Waals surface area contributed by atoms with Crippen molar-refractivity contribution in [3.63, 3.8) is 0 Å². The lowest BCUT2D eigenvalue weighted by Gasteiger charge is -2.13. The van der Waals surface area contributed by atoms with Crippen molar-refractivity contribution in [3.05, 3.63) is 53.1 Å². The van der Waals surface area contributed by atoms with Crippen LogP contribution in [0.1, 0.15) is 21.5 Å². The number of hydrogen-bond acceptors (Lipinski definition) is 5. The lowest BCUT2D eigenvalue weighted by atomic mass is 10.1. The molecule has 2 aromatic rings. The number of esters is 1. The van der Waals surface area contributed by atoms with E-state index < -0.39 is 5.97 Å². The third kappa shape index (κ3) is 4.73. The van der Waals surface area contributed by atoms with Gasteiger partial charge < -0.3 is 19.5 Å². The van der Waals surface area contributed by atoms with Crippen molar-refractivity contribution in [2.45, 2.75) is 13.8 Å². The Bertz CT molecular complexity index is 785. The molecule has 0 atom stereocenters. The van der Waals surface area contributed by atoms with Crippen LogP contribution in [0.5, 0.6) is 11.5 Å². The Kier molecular flexibility index (Phi) is 6.00. The molecular formula is C19H21NO5. The van der Waals surface area contributed by atoms with Crippen LogP contribution in [0.3, 0.4) is 0 Å². The van der Waals surface area contributed by atoms with Crippen LogP contribution in [-0.4, -0.2) is 32.7 Å². The molecule has 0 saturated heterocycles. The second-order valence-corrected chi connectivity index (χ2v) is 5.51. The second kappa shape index (κ2) is 8.19. The zero-order valence-electron chi connectivity index (χ0n) is 14.7. The van der Waals surface area contributed by atoms with E-state index in [0.717, 1.165) is 11.1 Å². The molecule has 2 rings (SSSR count). The van der Waals surface area contributed by atoms with E-state index in [2.05, 4.69) is 5.32 Å². The van der Waals surface area contributed by atoms with Crippen LogP contribution in [0.2, 0.25) is 0 Å². The molecule has 0 radical (unpaired) electrons. The Morgan fingerprint density at radius 3 is 2.44 bits per heavy atom. The summed E-state index contributed by atoms with van der Waals surface area (Å²) in [5, 5.41) is 2.66. The van der Waals surface area contributed by atoms with Crippen LogP contribution in [0, 0.1) is 13.8 Å². The molecule has 0 heterocycles. The van der Waals surface area contributed by atoms with Crippen LogP contribution in [0.15, 0.2) is 36.4 Å². The van der Waals surface area contributed by atoms with Gasteiger partial charge in [0, 0.05) is 0 Å². The minimum atomic E-state index is -0.565. The SMILES string of the molecule is COC(=O)c1cc(OC)ccc1NC(=O)COc1ccc(C)cc1C. The lowest BCUT2D eigenvalue weighted by molar-refractivity contribution is -0.118. The van der Waals surface area contributed by atoms with Gasteiger partial charge in [-0.1, -0.05) is 17.7 Å². The third-order valence-corrected chi connectivity index (χ3v) is 3.60. The van der Waals surface area contributed by atoms with Crippen LogP contribution in [0.25, 0.3) is 0 Å². The number of ether oxygens (including phenoxy) is 3. The second-order valence-electron chi connectivity index (χ2n) is 5.51. The molecule has 25 heavy (non-hydrogen) atoms. The topological polar surface area (TPSA) is 73.9 Å². The summed E-state index contributed by atoms with van der Waals surface area (Å²) in [5.41, 5.74) is 2.62. The highest BCUT2D eigenvalue weighted by molar-refractivity contribution is 6.02. The van der Waals surface area contributed by atoms with E-state index in [-0.39, 0.29) is 18.1 Å². The van der Waals surface area contributed by atoms with Gasteiger partial charge in [0.05, 0.1) is 25.5 Å². The first-order chi connectivity index (χ1) is 11.9. The number of aryl methyl sites for hydroxylation is 2. The van der Waals surface area contributed by atoms with E-state index in [0.29, 0.717) is 17.2 Å². The summed E-state index contributed by atoms with van der Waals surface area (Å²) in [5.74, 6) is 0.188. The molecule has 1 N–H and O–H groups in total. The maximum Gasteiger partial charge on any atom is 0.340 e. The molecule has 0 aliphatic carbocycles. The Hall–Kier alpha value is -3.02. The molecule has 0 aliphatic rings. The number of anilines is 1. The fraction of sp³-hybridized carbons (Fsp3) is 0.263. The van der Waals surface area contributed by atoms with Crippen LogP contribution in [-0.2, 0) is 9.53 Å². The van der Waals surface area contributed by atoms with Gasteiger partial charge in [-0.25, -0.2) is 4.79 Å². The van der Waals surface area contributed by atoms with E-state index in [1.807, 2.05) is 32.0 Å². The van der Waals surface area contributed by atoms with Gasteiger partial charge in [0.15, 0.2) is 6.61 Å². The average Bonchev–Trinajstić information content (AvgIpc) is 2.60. The molecule has 0 bridgehead atoms.